The number of nitrogens with zero attached hydrogens (tertiary/aromatic N) is 2. The summed E-state index contributed by atoms with van der Waals surface area (Å²) < 4.78 is 21.1. The van der Waals surface area contributed by atoms with Gasteiger partial charge in [0.2, 0.25) is 0 Å². The van der Waals surface area contributed by atoms with Crippen LogP contribution in [0.15, 0.2) is 17.3 Å². The van der Waals surface area contributed by atoms with Crippen LogP contribution in [0.1, 0.15) is 26.5 Å². The van der Waals surface area contributed by atoms with E-state index >= 15 is 0 Å². The van der Waals surface area contributed by atoms with Gasteiger partial charge in [0.15, 0.2) is 17.7 Å². The Hall–Kier alpha value is -1.73. The van der Waals surface area contributed by atoms with Gasteiger partial charge in [0.25, 0.3) is 5.56 Å². The van der Waals surface area contributed by atoms with Gasteiger partial charge in [-0.2, -0.15) is 0 Å². The van der Waals surface area contributed by atoms with Crippen LogP contribution in [0.2, 0.25) is 0 Å². The number of hydrogen-bond donors (Lipinski definition) is 2. The van der Waals surface area contributed by atoms with Crippen molar-refractivity contribution in [3.8, 4) is 0 Å². The van der Waals surface area contributed by atoms with Crippen molar-refractivity contribution in [3.05, 3.63) is 28.7 Å². The molecule has 1 aliphatic heterocycles. The molecule has 0 amide bonds. The second-order valence-electron chi connectivity index (χ2n) is 5.14. The van der Waals surface area contributed by atoms with Gasteiger partial charge in [0, 0.05) is 12.1 Å². The average Bonchev–Trinajstić information content (AvgIpc) is 2.90. The van der Waals surface area contributed by atoms with Crippen molar-refractivity contribution >= 4 is 11.0 Å². The van der Waals surface area contributed by atoms with E-state index in [1.165, 1.54) is 10.9 Å². The van der Waals surface area contributed by atoms with Gasteiger partial charge in [-0.05, 0) is 6.42 Å². The minimum absolute atomic E-state index is 0.0625. The molecule has 0 aromatic carbocycles. The van der Waals surface area contributed by atoms with Crippen LogP contribution in [-0.4, -0.2) is 31.8 Å². The highest BCUT2D eigenvalue weighted by atomic mass is 19.1. The van der Waals surface area contributed by atoms with E-state index in [-0.39, 0.29) is 23.1 Å². The predicted molar refractivity (Wildman–Crippen MR) is 69.7 cm³/mol. The third-order valence-corrected chi connectivity index (χ3v) is 3.98. The highest BCUT2D eigenvalue weighted by Gasteiger charge is 2.41. The molecular weight excluding hydrogens is 265 g/mol. The first-order chi connectivity index (χ1) is 9.54. The minimum Gasteiger partial charge on any atom is -0.388 e. The van der Waals surface area contributed by atoms with Crippen LogP contribution in [0.5, 0.6) is 0 Å². The number of fused-ring (bicyclic) bond motifs is 1. The second kappa shape index (κ2) is 4.68. The lowest BCUT2D eigenvalue weighted by molar-refractivity contribution is -0.0354. The molecule has 2 aromatic heterocycles. The molecule has 2 aromatic rings. The first kappa shape index (κ1) is 13.3. The molecule has 1 saturated heterocycles. The average molecular weight is 281 g/mol. The van der Waals surface area contributed by atoms with Crippen molar-refractivity contribution in [2.45, 2.75) is 38.7 Å². The zero-order valence-electron chi connectivity index (χ0n) is 11.2. The number of aliphatic hydroxyl groups excluding tert-OH is 1. The molecule has 4 atom stereocenters. The van der Waals surface area contributed by atoms with Gasteiger partial charge < -0.3 is 19.4 Å². The molecule has 0 saturated carbocycles. The predicted octanol–water partition coefficient (Wildman–Crippen LogP) is 1.17. The van der Waals surface area contributed by atoms with Crippen molar-refractivity contribution in [1.29, 1.82) is 0 Å². The molecular formula is C13H16FN3O3. The minimum atomic E-state index is -0.768. The fraction of sp³-hybridized carbons (Fsp3) is 0.538. The van der Waals surface area contributed by atoms with Crippen molar-refractivity contribution in [3.63, 3.8) is 0 Å². The highest BCUT2D eigenvalue weighted by molar-refractivity contribution is 5.75. The monoisotopic (exact) mass is 281 g/mol. The highest BCUT2D eigenvalue weighted by Crippen LogP contribution is 2.36. The normalized spacial score (nSPS) is 30.2. The molecule has 0 spiro atoms. The Morgan fingerprint density at radius 3 is 3.00 bits per heavy atom. The summed E-state index contributed by atoms with van der Waals surface area (Å²) in [5.41, 5.74) is -0.363. The van der Waals surface area contributed by atoms with Gasteiger partial charge in [-0.1, -0.05) is 13.8 Å². The molecule has 6 nitrogen and oxygen atoms in total. The van der Waals surface area contributed by atoms with Gasteiger partial charge in [0.1, 0.15) is 11.5 Å². The van der Waals surface area contributed by atoms with Crippen LogP contribution in [0.25, 0.3) is 11.0 Å². The maximum absolute atomic E-state index is 13.9. The van der Waals surface area contributed by atoms with Crippen LogP contribution in [-0.2, 0) is 4.74 Å². The lowest BCUT2D eigenvalue weighted by Gasteiger charge is -2.17. The van der Waals surface area contributed by atoms with Crippen molar-refractivity contribution in [2.24, 2.45) is 5.92 Å². The van der Waals surface area contributed by atoms with Crippen molar-refractivity contribution in [2.75, 3.05) is 0 Å². The summed E-state index contributed by atoms with van der Waals surface area (Å²) in [4.78, 5) is 18.0. The van der Waals surface area contributed by atoms with Crippen LogP contribution < -0.4 is 5.56 Å². The Labute approximate surface area is 114 Å². The molecule has 1 aliphatic rings. The first-order valence-corrected chi connectivity index (χ1v) is 6.61. The fourth-order valence-corrected chi connectivity index (χ4v) is 2.80. The summed E-state index contributed by atoms with van der Waals surface area (Å²) in [6, 6.07) is 0. The summed E-state index contributed by atoms with van der Waals surface area (Å²) in [7, 11) is 0. The number of ether oxygens (including phenoxy) is 1. The van der Waals surface area contributed by atoms with E-state index in [9.17, 15) is 14.3 Å². The molecule has 7 heteroatoms. The molecule has 0 aliphatic carbocycles. The lowest BCUT2D eigenvalue weighted by atomic mass is 9.99. The van der Waals surface area contributed by atoms with Crippen molar-refractivity contribution < 1.29 is 14.2 Å². The zero-order chi connectivity index (χ0) is 14.4. The van der Waals surface area contributed by atoms with Crippen LogP contribution in [0.4, 0.5) is 4.39 Å². The number of nitrogens with one attached hydrogen (secondary N) is 1. The van der Waals surface area contributed by atoms with E-state index in [1.54, 1.807) is 0 Å². The third-order valence-electron chi connectivity index (χ3n) is 3.98. The van der Waals surface area contributed by atoms with E-state index in [0.717, 1.165) is 12.6 Å². The number of aliphatic hydroxyl groups is 1. The standard InChI is InChI=1S/C13H16FN3O3/c1-3-8-6(2)10(18)13(20-8)17-4-7(14)9-11(17)15-5-16-12(9)19/h4-6,8,10,13,18H,3H2,1-2H3,(H,15,16,19)/t6-,8-,10-,13-/m1/s1. The molecule has 2 N–H and O–H groups in total. The number of aromatic amines is 1. The molecule has 3 rings (SSSR count). The zero-order valence-corrected chi connectivity index (χ0v) is 11.2. The van der Waals surface area contributed by atoms with Crippen LogP contribution >= 0.6 is 0 Å². The number of hydrogen-bond acceptors (Lipinski definition) is 4. The number of H-pyrrole nitrogens is 1. The number of halogens is 1. The largest absolute Gasteiger partial charge is 0.388 e. The van der Waals surface area contributed by atoms with Gasteiger partial charge >= 0.3 is 0 Å². The Bertz CT molecular complexity index is 696. The van der Waals surface area contributed by atoms with Crippen LogP contribution in [0.3, 0.4) is 0 Å². The summed E-state index contributed by atoms with van der Waals surface area (Å²) in [6.45, 7) is 3.86. The van der Waals surface area contributed by atoms with Gasteiger partial charge in [-0.3, -0.25) is 4.79 Å². The van der Waals surface area contributed by atoms with E-state index in [2.05, 4.69) is 9.97 Å². The molecule has 1 fully saturated rings. The Morgan fingerprint density at radius 2 is 2.35 bits per heavy atom. The summed E-state index contributed by atoms with van der Waals surface area (Å²) in [5.74, 6) is -0.731. The summed E-state index contributed by atoms with van der Waals surface area (Å²) in [6.07, 6.45) is 1.53. The van der Waals surface area contributed by atoms with E-state index < -0.39 is 23.7 Å². The smallest absolute Gasteiger partial charge is 0.263 e. The van der Waals surface area contributed by atoms with Gasteiger partial charge in [-0.25, -0.2) is 9.37 Å². The lowest BCUT2D eigenvalue weighted by Crippen LogP contribution is -2.24. The molecule has 0 radical (unpaired) electrons. The summed E-state index contributed by atoms with van der Waals surface area (Å²) in [5, 5.41) is 10.2. The summed E-state index contributed by atoms with van der Waals surface area (Å²) >= 11 is 0. The second-order valence-corrected chi connectivity index (χ2v) is 5.14. The fourth-order valence-electron chi connectivity index (χ4n) is 2.80. The van der Waals surface area contributed by atoms with E-state index in [1.807, 2.05) is 13.8 Å². The Morgan fingerprint density at radius 1 is 1.60 bits per heavy atom. The topological polar surface area (TPSA) is 80.1 Å². The molecule has 3 heterocycles. The Kier molecular flexibility index (Phi) is 3.10. The maximum atomic E-state index is 13.9. The third kappa shape index (κ3) is 1.77. The number of rotatable bonds is 2. The molecule has 20 heavy (non-hydrogen) atoms. The van der Waals surface area contributed by atoms with Crippen molar-refractivity contribution in [1.82, 2.24) is 14.5 Å². The van der Waals surface area contributed by atoms with E-state index in [0.29, 0.717) is 0 Å². The molecule has 108 valence electrons. The van der Waals surface area contributed by atoms with Gasteiger partial charge in [-0.15, -0.1) is 0 Å². The van der Waals surface area contributed by atoms with E-state index in [4.69, 9.17) is 4.74 Å². The molecule has 0 unspecified atom stereocenters. The number of aromatic nitrogens is 3. The van der Waals surface area contributed by atoms with Gasteiger partial charge in [0.05, 0.1) is 12.4 Å². The maximum Gasteiger partial charge on any atom is 0.263 e. The van der Waals surface area contributed by atoms with Crippen LogP contribution in [0, 0.1) is 11.7 Å². The molecule has 0 bridgehead atoms. The first-order valence-electron chi connectivity index (χ1n) is 6.61. The Balaban J connectivity index is 2.12. The quantitative estimate of drug-likeness (QED) is 0.866. The SMILES string of the molecule is CC[C@H]1O[C@@H](n2cc(F)c3c(=O)[nH]cnc32)[C@H](O)[C@@H]1C.